The topological polar surface area (TPSA) is 55.8 Å². The van der Waals surface area contributed by atoms with Gasteiger partial charge in [-0.3, -0.25) is 4.79 Å². The van der Waals surface area contributed by atoms with Crippen molar-refractivity contribution in [3.05, 3.63) is 35.9 Å². The highest BCUT2D eigenvalue weighted by Gasteiger charge is 2.18. The third kappa shape index (κ3) is 6.17. The molecule has 2 atom stereocenters. The highest BCUT2D eigenvalue weighted by Crippen LogP contribution is 2.14. The molecule has 0 saturated heterocycles. The Bertz CT molecular complexity index is 377. The second-order valence-corrected chi connectivity index (χ2v) is 4.78. The Kier molecular flexibility index (Phi) is 7.92. The molecule has 20 heavy (non-hydrogen) atoms. The summed E-state index contributed by atoms with van der Waals surface area (Å²) in [5, 5.41) is 10.1. The molecule has 112 valence electrons. The summed E-state index contributed by atoms with van der Waals surface area (Å²) in [5.74, 6) is -0.240. The van der Waals surface area contributed by atoms with Crippen LogP contribution in [0.5, 0.6) is 0 Å². The highest BCUT2D eigenvalue weighted by molar-refractivity contribution is 5.68. The highest BCUT2D eigenvalue weighted by atomic mass is 16.5. The molecular formula is C16H24O4. The van der Waals surface area contributed by atoms with E-state index in [1.165, 1.54) is 7.11 Å². The molecule has 0 fully saturated rings. The number of aliphatic hydroxyl groups excluding tert-OH is 1. The van der Waals surface area contributed by atoms with Crippen molar-refractivity contribution in [1.82, 2.24) is 0 Å². The number of methoxy groups -OCH3 is 1. The molecule has 4 nitrogen and oxygen atoms in total. The molecule has 0 aromatic heterocycles. The lowest BCUT2D eigenvalue weighted by Gasteiger charge is -2.22. The summed E-state index contributed by atoms with van der Waals surface area (Å²) >= 11 is 0. The van der Waals surface area contributed by atoms with E-state index in [2.05, 4.69) is 4.74 Å². The molecule has 0 spiro atoms. The SMILES string of the molecule is CC[C@@H](OCc1ccccc1)[C@H](O)CCCC(=O)OC. The fourth-order valence-electron chi connectivity index (χ4n) is 2.02. The average molecular weight is 280 g/mol. The summed E-state index contributed by atoms with van der Waals surface area (Å²) in [5.41, 5.74) is 1.09. The number of rotatable bonds is 9. The van der Waals surface area contributed by atoms with Crippen molar-refractivity contribution in [2.24, 2.45) is 0 Å². The van der Waals surface area contributed by atoms with Crippen LogP contribution in [0.3, 0.4) is 0 Å². The van der Waals surface area contributed by atoms with Crippen molar-refractivity contribution in [3.8, 4) is 0 Å². The minimum Gasteiger partial charge on any atom is -0.469 e. The normalized spacial score (nSPS) is 13.8. The van der Waals surface area contributed by atoms with Gasteiger partial charge in [0, 0.05) is 6.42 Å². The minimum atomic E-state index is -0.548. The van der Waals surface area contributed by atoms with E-state index in [1.54, 1.807) is 0 Å². The van der Waals surface area contributed by atoms with Crippen molar-refractivity contribution in [3.63, 3.8) is 0 Å². The van der Waals surface area contributed by atoms with Gasteiger partial charge in [-0.15, -0.1) is 0 Å². The first kappa shape index (κ1) is 16.7. The summed E-state index contributed by atoms with van der Waals surface area (Å²) in [4.78, 5) is 11.0. The number of hydrogen-bond donors (Lipinski definition) is 1. The predicted molar refractivity (Wildman–Crippen MR) is 77.2 cm³/mol. The van der Waals surface area contributed by atoms with Gasteiger partial charge >= 0.3 is 5.97 Å². The third-order valence-corrected chi connectivity index (χ3v) is 3.25. The molecule has 1 rings (SSSR count). The number of carbonyl (C=O) groups is 1. The van der Waals surface area contributed by atoms with Gasteiger partial charge in [-0.05, 0) is 24.8 Å². The Morgan fingerprint density at radius 1 is 1.30 bits per heavy atom. The smallest absolute Gasteiger partial charge is 0.305 e. The summed E-state index contributed by atoms with van der Waals surface area (Å²) in [6.45, 7) is 2.48. The van der Waals surface area contributed by atoms with Gasteiger partial charge in [0.2, 0.25) is 0 Å². The van der Waals surface area contributed by atoms with Gasteiger partial charge in [0.15, 0.2) is 0 Å². The first-order valence-electron chi connectivity index (χ1n) is 7.07. The summed E-state index contributed by atoms with van der Waals surface area (Å²) in [7, 11) is 1.37. The van der Waals surface area contributed by atoms with E-state index < -0.39 is 6.10 Å². The molecule has 0 aliphatic rings. The predicted octanol–water partition coefficient (Wildman–Crippen LogP) is 2.69. The molecule has 1 aromatic carbocycles. The second kappa shape index (κ2) is 9.50. The fourth-order valence-corrected chi connectivity index (χ4v) is 2.02. The number of hydrogen-bond acceptors (Lipinski definition) is 4. The lowest BCUT2D eigenvalue weighted by molar-refractivity contribution is -0.140. The zero-order valence-corrected chi connectivity index (χ0v) is 12.2. The van der Waals surface area contributed by atoms with Crippen LogP contribution in [0.15, 0.2) is 30.3 Å². The summed E-state index contributed by atoms with van der Waals surface area (Å²) in [6, 6.07) is 9.88. The third-order valence-electron chi connectivity index (χ3n) is 3.25. The first-order valence-corrected chi connectivity index (χ1v) is 7.07. The van der Waals surface area contributed by atoms with Crippen LogP contribution in [0, 0.1) is 0 Å². The van der Waals surface area contributed by atoms with Gasteiger partial charge in [-0.1, -0.05) is 37.3 Å². The lowest BCUT2D eigenvalue weighted by Crippen LogP contribution is -2.28. The standard InChI is InChI=1S/C16H24O4/c1-3-15(14(17)10-7-11-16(18)19-2)20-12-13-8-5-4-6-9-13/h4-6,8-9,14-15,17H,3,7,10-12H2,1-2H3/t14-,15-/m1/s1. The Morgan fingerprint density at radius 3 is 2.60 bits per heavy atom. The van der Waals surface area contributed by atoms with Crippen molar-refractivity contribution < 1.29 is 19.4 Å². The zero-order chi connectivity index (χ0) is 14.8. The molecule has 0 aliphatic heterocycles. The molecule has 0 heterocycles. The molecule has 1 aromatic rings. The van der Waals surface area contributed by atoms with Gasteiger partial charge < -0.3 is 14.6 Å². The molecule has 0 aliphatic carbocycles. The average Bonchev–Trinajstić information content (AvgIpc) is 2.48. The Hall–Kier alpha value is -1.39. The minimum absolute atomic E-state index is 0.201. The number of carbonyl (C=O) groups excluding carboxylic acids is 1. The number of ether oxygens (including phenoxy) is 2. The molecule has 0 bridgehead atoms. The van der Waals surface area contributed by atoms with E-state index in [9.17, 15) is 9.90 Å². The molecule has 0 unspecified atom stereocenters. The van der Waals surface area contributed by atoms with Crippen molar-refractivity contribution in [2.75, 3.05) is 7.11 Å². The summed E-state index contributed by atoms with van der Waals surface area (Å²) < 4.78 is 10.3. The van der Waals surface area contributed by atoms with E-state index in [4.69, 9.17) is 4.74 Å². The largest absolute Gasteiger partial charge is 0.469 e. The molecular weight excluding hydrogens is 256 g/mol. The Balaban J connectivity index is 2.31. The maximum Gasteiger partial charge on any atom is 0.305 e. The Labute approximate surface area is 120 Å². The lowest BCUT2D eigenvalue weighted by atomic mass is 10.0. The van der Waals surface area contributed by atoms with Crippen LogP contribution < -0.4 is 0 Å². The van der Waals surface area contributed by atoms with Crippen LogP contribution in [0.25, 0.3) is 0 Å². The van der Waals surface area contributed by atoms with Gasteiger partial charge in [-0.25, -0.2) is 0 Å². The van der Waals surface area contributed by atoms with Crippen molar-refractivity contribution in [1.29, 1.82) is 0 Å². The number of aliphatic hydroxyl groups is 1. The summed E-state index contributed by atoms with van der Waals surface area (Å²) in [6.07, 6.45) is 1.48. The fraction of sp³-hybridized carbons (Fsp3) is 0.562. The maximum absolute atomic E-state index is 11.0. The van der Waals surface area contributed by atoms with E-state index in [-0.39, 0.29) is 12.1 Å². The van der Waals surface area contributed by atoms with E-state index in [1.807, 2.05) is 37.3 Å². The van der Waals surface area contributed by atoms with Crippen LogP contribution in [-0.2, 0) is 20.9 Å². The zero-order valence-electron chi connectivity index (χ0n) is 12.2. The number of esters is 1. The monoisotopic (exact) mass is 280 g/mol. The number of benzene rings is 1. The quantitative estimate of drug-likeness (QED) is 0.707. The van der Waals surface area contributed by atoms with Gasteiger partial charge in [0.05, 0.1) is 25.9 Å². The first-order chi connectivity index (χ1) is 9.67. The van der Waals surface area contributed by atoms with Crippen LogP contribution >= 0.6 is 0 Å². The van der Waals surface area contributed by atoms with Gasteiger partial charge in [0.1, 0.15) is 0 Å². The van der Waals surface area contributed by atoms with Crippen molar-refractivity contribution in [2.45, 2.75) is 51.4 Å². The molecule has 0 saturated carbocycles. The Morgan fingerprint density at radius 2 is 2.00 bits per heavy atom. The maximum atomic E-state index is 11.0. The van der Waals surface area contributed by atoms with Crippen LogP contribution in [0.1, 0.15) is 38.2 Å². The molecule has 0 radical (unpaired) electrons. The van der Waals surface area contributed by atoms with Crippen LogP contribution in [0.2, 0.25) is 0 Å². The second-order valence-electron chi connectivity index (χ2n) is 4.78. The van der Waals surface area contributed by atoms with Crippen molar-refractivity contribution >= 4 is 5.97 Å². The molecule has 1 N–H and O–H groups in total. The van der Waals surface area contributed by atoms with Crippen LogP contribution in [-0.4, -0.2) is 30.4 Å². The van der Waals surface area contributed by atoms with E-state index in [0.29, 0.717) is 25.9 Å². The van der Waals surface area contributed by atoms with E-state index in [0.717, 1.165) is 12.0 Å². The molecule has 4 heteroatoms. The van der Waals surface area contributed by atoms with E-state index >= 15 is 0 Å². The van der Waals surface area contributed by atoms with Crippen LogP contribution in [0.4, 0.5) is 0 Å². The van der Waals surface area contributed by atoms with Gasteiger partial charge in [-0.2, -0.15) is 0 Å². The molecule has 0 amide bonds. The van der Waals surface area contributed by atoms with Gasteiger partial charge in [0.25, 0.3) is 0 Å².